The maximum atomic E-state index is 13.9. The van der Waals surface area contributed by atoms with Crippen molar-refractivity contribution in [2.24, 2.45) is 5.92 Å². The summed E-state index contributed by atoms with van der Waals surface area (Å²) in [6.45, 7) is 5.65. The van der Waals surface area contributed by atoms with Gasteiger partial charge in [0.05, 0.1) is 34.7 Å². The third kappa shape index (κ3) is 5.04. The van der Waals surface area contributed by atoms with Crippen LogP contribution in [-0.4, -0.2) is 51.0 Å². The normalized spacial score (nSPS) is 17.5. The van der Waals surface area contributed by atoms with Crippen LogP contribution in [0.15, 0.2) is 23.2 Å². The molecule has 13 heteroatoms. The average Bonchev–Trinajstić information content (AvgIpc) is 3.18. The number of alkyl halides is 3. The summed E-state index contributed by atoms with van der Waals surface area (Å²) in [5.41, 5.74) is -0.247. The van der Waals surface area contributed by atoms with Crippen molar-refractivity contribution in [3.63, 3.8) is 0 Å². The van der Waals surface area contributed by atoms with Crippen LogP contribution in [0, 0.1) is 5.92 Å². The van der Waals surface area contributed by atoms with Crippen molar-refractivity contribution in [3.8, 4) is 0 Å². The second kappa shape index (κ2) is 9.84. The Morgan fingerprint density at radius 3 is 2.46 bits per heavy atom. The van der Waals surface area contributed by atoms with Gasteiger partial charge in [-0.2, -0.15) is 13.2 Å². The highest BCUT2D eigenvalue weighted by Gasteiger charge is 2.40. The van der Waals surface area contributed by atoms with E-state index in [0.29, 0.717) is 29.8 Å². The lowest BCUT2D eigenvalue weighted by Crippen LogP contribution is -2.42. The third-order valence-corrected chi connectivity index (χ3v) is 7.76. The maximum Gasteiger partial charge on any atom is 0.433 e. The number of fused-ring (bicyclic) bond motifs is 3. The van der Waals surface area contributed by atoms with Crippen molar-refractivity contribution in [2.45, 2.75) is 70.0 Å². The molecule has 0 spiro atoms. The summed E-state index contributed by atoms with van der Waals surface area (Å²) >= 11 is 0. The van der Waals surface area contributed by atoms with Crippen molar-refractivity contribution < 1.29 is 31.8 Å². The highest BCUT2D eigenvalue weighted by molar-refractivity contribution is 7.90. The minimum atomic E-state index is -4.78. The first kappa shape index (κ1) is 27.3. The summed E-state index contributed by atoms with van der Waals surface area (Å²) in [7, 11) is -3.62. The fourth-order valence-electron chi connectivity index (χ4n) is 4.93. The number of sulfone groups is 1. The van der Waals surface area contributed by atoms with Crippen LogP contribution in [0.1, 0.15) is 68.4 Å². The fraction of sp³-hybridized carbons (Fsp3) is 0.542. The number of benzene rings is 1. The number of aliphatic hydroxyl groups is 2. The van der Waals surface area contributed by atoms with Gasteiger partial charge >= 0.3 is 6.18 Å². The molecule has 1 aliphatic heterocycles. The molecular formula is C24H30F3N5O4S. The summed E-state index contributed by atoms with van der Waals surface area (Å²) in [4.78, 5) is 14.5. The largest absolute Gasteiger partial charge is 0.433 e. The molecule has 202 valence electrons. The number of aromatic nitrogens is 4. The molecule has 0 aliphatic carbocycles. The van der Waals surface area contributed by atoms with Gasteiger partial charge in [0, 0.05) is 31.1 Å². The molecule has 0 bridgehead atoms. The second-order valence-electron chi connectivity index (χ2n) is 9.66. The molecule has 0 unspecified atom stereocenters. The van der Waals surface area contributed by atoms with E-state index < -0.39 is 40.5 Å². The van der Waals surface area contributed by atoms with Crippen molar-refractivity contribution in [1.29, 1.82) is 0 Å². The van der Waals surface area contributed by atoms with E-state index in [1.807, 2.05) is 18.4 Å². The molecule has 3 aromatic rings. The van der Waals surface area contributed by atoms with E-state index in [-0.39, 0.29) is 40.9 Å². The van der Waals surface area contributed by atoms with E-state index in [9.17, 15) is 31.8 Å². The standard InChI is InChI=1S/C24H30F3N5O4S/c1-5-6-18(34)15-11-28-23(30-21(15)24(25,26)27)32-8-7-31-17-10-19(37(4,35)36)14(12-33)9-16(17)29-22(31)20(32)13(2)3/h9-11,13,18,20,33-34H,5-8,12H2,1-4H3/t18-,20+/m0/s1. The van der Waals surface area contributed by atoms with Gasteiger partial charge in [-0.05, 0) is 30.0 Å². The van der Waals surface area contributed by atoms with Gasteiger partial charge in [-0.3, -0.25) is 0 Å². The lowest BCUT2D eigenvalue weighted by atomic mass is 10.00. The summed E-state index contributed by atoms with van der Waals surface area (Å²) in [5, 5.41) is 20.0. The monoisotopic (exact) mass is 541 g/mol. The molecule has 0 fully saturated rings. The van der Waals surface area contributed by atoms with Crippen LogP contribution in [0.2, 0.25) is 0 Å². The number of hydrogen-bond donors (Lipinski definition) is 2. The molecule has 2 aromatic heterocycles. The summed E-state index contributed by atoms with van der Waals surface area (Å²) in [6, 6.07) is 2.51. The molecule has 1 aromatic carbocycles. The van der Waals surface area contributed by atoms with Crippen molar-refractivity contribution in [1.82, 2.24) is 19.5 Å². The Kier molecular flexibility index (Phi) is 7.25. The minimum Gasteiger partial charge on any atom is -0.392 e. The fourth-order valence-corrected chi connectivity index (χ4v) is 5.86. The quantitative estimate of drug-likeness (QED) is 0.464. The van der Waals surface area contributed by atoms with E-state index >= 15 is 0 Å². The maximum absolute atomic E-state index is 13.9. The molecule has 37 heavy (non-hydrogen) atoms. The Bertz CT molecular complexity index is 1420. The van der Waals surface area contributed by atoms with Crippen LogP contribution >= 0.6 is 0 Å². The SMILES string of the molecule is CCC[C@H](O)c1cnc(N2CCn3c(nc4cc(CO)c(S(C)(=O)=O)cc43)[C@H]2C(C)C)nc1C(F)(F)F. The average molecular weight is 542 g/mol. The van der Waals surface area contributed by atoms with Gasteiger partial charge in [0.1, 0.15) is 5.82 Å². The summed E-state index contributed by atoms with van der Waals surface area (Å²) < 4.78 is 68.3. The first-order valence-electron chi connectivity index (χ1n) is 12.0. The lowest BCUT2D eigenvalue weighted by Gasteiger charge is -2.38. The molecule has 4 rings (SSSR count). The van der Waals surface area contributed by atoms with E-state index in [2.05, 4.69) is 9.97 Å². The molecule has 2 atom stereocenters. The molecular weight excluding hydrogens is 511 g/mol. The van der Waals surface area contributed by atoms with Gasteiger partial charge < -0.3 is 19.7 Å². The van der Waals surface area contributed by atoms with Crippen LogP contribution in [-0.2, 0) is 29.2 Å². The van der Waals surface area contributed by atoms with E-state index in [1.54, 1.807) is 11.8 Å². The van der Waals surface area contributed by atoms with Gasteiger partial charge in [-0.15, -0.1) is 0 Å². The summed E-state index contributed by atoms with van der Waals surface area (Å²) in [6.07, 6.45) is -3.34. The topological polar surface area (TPSA) is 121 Å². The molecule has 3 heterocycles. The summed E-state index contributed by atoms with van der Waals surface area (Å²) in [5.74, 6) is 0.300. The van der Waals surface area contributed by atoms with Crippen LogP contribution < -0.4 is 4.90 Å². The predicted octanol–water partition coefficient (Wildman–Crippen LogP) is 3.79. The van der Waals surface area contributed by atoms with Gasteiger partial charge in [-0.25, -0.2) is 23.4 Å². The number of anilines is 1. The van der Waals surface area contributed by atoms with Gasteiger partial charge in [0.2, 0.25) is 5.95 Å². The molecule has 0 amide bonds. The number of aliphatic hydroxyl groups excluding tert-OH is 2. The molecule has 2 N–H and O–H groups in total. The molecule has 9 nitrogen and oxygen atoms in total. The van der Waals surface area contributed by atoms with E-state index in [4.69, 9.17) is 4.98 Å². The Labute approximate surface area is 212 Å². The molecule has 0 saturated carbocycles. The Balaban J connectivity index is 1.85. The zero-order valence-corrected chi connectivity index (χ0v) is 21.8. The number of nitrogens with zero attached hydrogens (tertiary/aromatic N) is 5. The first-order chi connectivity index (χ1) is 17.3. The molecule has 0 radical (unpaired) electrons. The number of rotatable bonds is 7. The van der Waals surface area contributed by atoms with Crippen molar-refractivity contribution in [3.05, 3.63) is 41.0 Å². The first-order valence-corrected chi connectivity index (χ1v) is 13.9. The van der Waals surface area contributed by atoms with Crippen LogP contribution in [0.25, 0.3) is 11.0 Å². The lowest BCUT2D eigenvalue weighted by molar-refractivity contribution is -0.143. The number of imidazole rings is 1. The Hall–Kier alpha value is -2.77. The van der Waals surface area contributed by atoms with Gasteiger partial charge in [0.25, 0.3) is 0 Å². The Morgan fingerprint density at radius 2 is 1.89 bits per heavy atom. The zero-order valence-electron chi connectivity index (χ0n) is 21.0. The Morgan fingerprint density at radius 1 is 1.19 bits per heavy atom. The van der Waals surface area contributed by atoms with Gasteiger partial charge in [-0.1, -0.05) is 27.2 Å². The van der Waals surface area contributed by atoms with Crippen molar-refractivity contribution in [2.75, 3.05) is 17.7 Å². The molecule has 1 aliphatic rings. The highest BCUT2D eigenvalue weighted by atomic mass is 32.2. The predicted molar refractivity (Wildman–Crippen MR) is 131 cm³/mol. The minimum absolute atomic E-state index is 0.00750. The van der Waals surface area contributed by atoms with E-state index in [0.717, 1.165) is 12.5 Å². The van der Waals surface area contributed by atoms with E-state index in [1.165, 1.54) is 12.1 Å². The highest BCUT2D eigenvalue weighted by Crippen LogP contribution is 2.40. The third-order valence-electron chi connectivity index (χ3n) is 6.58. The second-order valence-corrected chi connectivity index (χ2v) is 11.6. The molecule has 0 saturated heterocycles. The van der Waals surface area contributed by atoms with Crippen LogP contribution in [0.3, 0.4) is 0 Å². The van der Waals surface area contributed by atoms with Crippen molar-refractivity contribution >= 4 is 26.8 Å². The zero-order chi connectivity index (χ0) is 27.3. The smallest absolute Gasteiger partial charge is 0.392 e. The number of hydrogen-bond acceptors (Lipinski definition) is 8. The van der Waals surface area contributed by atoms with Crippen LogP contribution in [0.5, 0.6) is 0 Å². The number of halogens is 3. The van der Waals surface area contributed by atoms with Gasteiger partial charge in [0.15, 0.2) is 15.5 Å². The van der Waals surface area contributed by atoms with Crippen LogP contribution in [0.4, 0.5) is 19.1 Å².